The molecule has 0 saturated carbocycles. The molecule has 2 aliphatic rings. The molecule has 1 saturated heterocycles. The van der Waals surface area contributed by atoms with E-state index in [0.29, 0.717) is 23.2 Å². The zero-order valence-electron chi connectivity index (χ0n) is 18.1. The number of ether oxygens (including phenoxy) is 1. The molecule has 3 heterocycles. The molecule has 3 aromatic rings. The average Bonchev–Trinajstić information content (AvgIpc) is 3.33. The lowest BCUT2D eigenvalue weighted by Gasteiger charge is -2.29. The van der Waals surface area contributed by atoms with Gasteiger partial charge in [0.25, 0.3) is 5.91 Å². The number of imide groups is 1. The van der Waals surface area contributed by atoms with Crippen molar-refractivity contribution in [3.63, 3.8) is 0 Å². The van der Waals surface area contributed by atoms with E-state index in [1.165, 1.54) is 18.1 Å². The van der Waals surface area contributed by atoms with Crippen LogP contribution >= 0.6 is 0 Å². The smallest absolute Gasteiger partial charge is 0.255 e. The molecule has 0 spiro atoms. The summed E-state index contributed by atoms with van der Waals surface area (Å²) in [6.45, 7) is 0.271. The third-order valence-electron chi connectivity index (χ3n) is 6.20. The number of fused-ring (bicyclic) bond motifs is 1. The molecule has 2 aliphatic heterocycles. The van der Waals surface area contributed by atoms with Gasteiger partial charge in [-0.05, 0) is 41.8 Å². The molecule has 1 atom stereocenters. The Labute approximate surface area is 188 Å². The molecule has 2 aromatic carbocycles. The van der Waals surface area contributed by atoms with Crippen LogP contribution in [-0.2, 0) is 23.2 Å². The summed E-state index contributed by atoms with van der Waals surface area (Å²) in [5.74, 6) is -1.34. The van der Waals surface area contributed by atoms with Gasteiger partial charge < -0.3 is 9.64 Å². The highest BCUT2D eigenvalue weighted by molar-refractivity contribution is 6.05. The summed E-state index contributed by atoms with van der Waals surface area (Å²) < 4.78 is 21.3. The van der Waals surface area contributed by atoms with Gasteiger partial charge in [0, 0.05) is 36.7 Å². The molecule has 1 aromatic heterocycles. The molecule has 168 valence electrons. The van der Waals surface area contributed by atoms with E-state index in [4.69, 9.17) is 4.74 Å². The number of piperidine rings is 1. The first-order valence-electron chi connectivity index (χ1n) is 10.5. The van der Waals surface area contributed by atoms with Crippen LogP contribution in [0.2, 0.25) is 0 Å². The fourth-order valence-electron chi connectivity index (χ4n) is 4.61. The van der Waals surface area contributed by atoms with Crippen LogP contribution in [0.1, 0.15) is 28.8 Å². The van der Waals surface area contributed by atoms with Crippen molar-refractivity contribution in [2.75, 3.05) is 7.11 Å². The van der Waals surface area contributed by atoms with Gasteiger partial charge in [0.1, 0.15) is 6.04 Å². The Bertz CT molecular complexity index is 1320. The molecular formula is C24H21FN4O4. The normalized spacial score (nSPS) is 17.8. The summed E-state index contributed by atoms with van der Waals surface area (Å²) in [5, 5.41) is 6.67. The monoisotopic (exact) mass is 448 g/mol. The fourth-order valence-corrected chi connectivity index (χ4v) is 4.61. The Morgan fingerprint density at radius 3 is 2.70 bits per heavy atom. The predicted molar refractivity (Wildman–Crippen MR) is 117 cm³/mol. The van der Waals surface area contributed by atoms with Crippen LogP contribution in [-0.4, -0.2) is 45.6 Å². The Balaban J connectivity index is 1.52. The van der Waals surface area contributed by atoms with Crippen LogP contribution in [0.15, 0.2) is 42.6 Å². The Morgan fingerprint density at radius 1 is 1.12 bits per heavy atom. The molecular weight excluding hydrogens is 427 g/mol. The highest BCUT2D eigenvalue weighted by Crippen LogP contribution is 2.39. The molecule has 0 radical (unpaired) electrons. The number of rotatable bonds is 4. The first-order chi connectivity index (χ1) is 15.9. The van der Waals surface area contributed by atoms with E-state index in [1.807, 2.05) is 12.1 Å². The van der Waals surface area contributed by atoms with E-state index in [0.717, 1.165) is 16.7 Å². The fraction of sp³-hybridized carbons (Fsp3) is 0.250. The second-order valence-corrected chi connectivity index (χ2v) is 8.12. The third kappa shape index (κ3) is 3.36. The van der Waals surface area contributed by atoms with E-state index in [9.17, 15) is 18.8 Å². The number of para-hydroxylation sites is 1. The van der Waals surface area contributed by atoms with Crippen LogP contribution in [0.25, 0.3) is 22.4 Å². The number of carbonyl (C=O) groups is 3. The van der Waals surface area contributed by atoms with Gasteiger partial charge in [0.15, 0.2) is 11.6 Å². The third-order valence-corrected chi connectivity index (χ3v) is 6.20. The SMILES string of the molecule is COc1c(F)cccc1-c1c(-c2ccc3c(c2)CN(C2CCC(=O)NC2=O)C3=O)cnn1C. The molecule has 1 N–H and O–H groups in total. The highest BCUT2D eigenvalue weighted by Gasteiger charge is 2.39. The lowest BCUT2D eigenvalue weighted by molar-refractivity contribution is -0.136. The van der Waals surface area contributed by atoms with Crippen molar-refractivity contribution < 1.29 is 23.5 Å². The molecule has 1 unspecified atom stereocenters. The van der Waals surface area contributed by atoms with Crippen LogP contribution in [0.3, 0.4) is 0 Å². The predicted octanol–water partition coefficient (Wildman–Crippen LogP) is 2.66. The maximum atomic E-state index is 14.4. The molecule has 33 heavy (non-hydrogen) atoms. The van der Waals surface area contributed by atoms with Crippen molar-refractivity contribution >= 4 is 17.7 Å². The van der Waals surface area contributed by atoms with Gasteiger partial charge in [0.2, 0.25) is 11.8 Å². The highest BCUT2D eigenvalue weighted by atomic mass is 19.1. The summed E-state index contributed by atoms with van der Waals surface area (Å²) in [5.41, 5.74) is 4.12. The van der Waals surface area contributed by atoms with E-state index in [2.05, 4.69) is 10.4 Å². The Hall–Kier alpha value is -4.01. The number of aromatic nitrogens is 2. The summed E-state index contributed by atoms with van der Waals surface area (Å²) in [4.78, 5) is 38.2. The quantitative estimate of drug-likeness (QED) is 0.620. The second kappa shape index (κ2) is 7.84. The Kier molecular flexibility index (Phi) is 4.96. The van der Waals surface area contributed by atoms with Crippen molar-refractivity contribution in [1.82, 2.24) is 20.0 Å². The maximum Gasteiger partial charge on any atom is 0.255 e. The molecule has 9 heteroatoms. The van der Waals surface area contributed by atoms with Crippen LogP contribution in [0.4, 0.5) is 4.39 Å². The van der Waals surface area contributed by atoms with Gasteiger partial charge >= 0.3 is 0 Å². The number of nitrogens with zero attached hydrogens (tertiary/aromatic N) is 3. The van der Waals surface area contributed by atoms with Gasteiger partial charge in [-0.2, -0.15) is 5.10 Å². The van der Waals surface area contributed by atoms with Crippen LogP contribution < -0.4 is 10.1 Å². The van der Waals surface area contributed by atoms with Gasteiger partial charge in [-0.15, -0.1) is 0 Å². The van der Waals surface area contributed by atoms with E-state index in [1.54, 1.807) is 36.1 Å². The van der Waals surface area contributed by atoms with Gasteiger partial charge in [-0.3, -0.25) is 24.4 Å². The van der Waals surface area contributed by atoms with Crippen molar-refractivity contribution in [3.8, 4) is 28.1 Å². The number of benzene rings is 2. The number of nitrogens with one attached hydrogen (secondary N) is 1. The summed E-state index contributed by atoms with van der Waals surface area (Å²) in [6.07, 6.45) is 2.20. The number of halogens is 1. The van der Waals surface area contributed by atoms with Crippen molar-refractivity contribution in [1.29, 1.82) is 0 Å². The number of carbonyl (C=O) groups excluding carboxylic acids is 3. The molecule has 5 rings (SSSR count). The number of aryl methyl sites for hydroxylation is 1. The maximum absolute atomic E-state index is 14.4. The number of amides is 3. The minimum absolute atomic E-state index is 0.128. The summed E-state index contributed by atoms with van der Waals surface area (Å²) in [6, 6.07) is 9.49. The minimum Gasteiger partial charge on any atom is -0.493 e. The van der Waals surface area contributed by atoms with E-state index < -0.39 is 17.8 Å². The zero-order valence-corrected chi connectivity index (χ0v) is 18.1. The number of hydrogen-bond acceptors (Lipinski definition) is 5. The Morgan fingerprint density at radius 2 is 1.94 bits per heavy atom. The van der Waals surface area contributed by atoms with Crippen molar-refractivity contribution in [3.05, 3.63) is 59.5 Å². The molecule has 1 fully saturated rings. The first-order valence-corrected chi connectivity index (χ1v) is 10.5. The molecule has 0 bridgehead atoms. The van der Waals surface area contributed by atoms with E-state index >= 15 is 0 Å². The average molecular weight is 448 g/mol. The second-order valence-electron chi connectivity index (χ2n) is 8.12. The zero-order chi connectivity index (χ0) is 23.3. The molecule has 3 amide bonds. The van der Waals surface area contributed by atoms with Crippen molar-refractivity contribution in [2.24, 2.45) is 7.05 Å². The lowest BCUT2D eigenvalue weighted by Crippen LogP contribution is -2.52. The van der Waals surface area contributed by atoms with Gasteiger partial charge in [-0.1, -0.05) is 12.1 Å². The van der Waals surface area contributed by atoms with E-state index in [-0.39, 0.29) is 30.5 Å². The minimum atomic E-state index is -0.670. The molecule has 8 nitrogen and oxygen atoms in total. The lowest BCUT2D eigenvalue weighted by atomic mass is 9.97. The number of hydrogen-bond donors (Lipinski definition) is 1. The standard InChI is InChI=1S/C24H21FN4O4/c1-28-21(16-4-3-5-18(25)22(16)33-2)17(11-26-28)13-6-7-15-14(10-13)12-29(24(15)32)19-8-9-20(30)27-23(19)31/h3-7,10-11,19H,8-9,12H2,1-2H3,(H,27,30,31). The topological polar surface area (TPSA) is 93.5 Å². The molecule has 0 aliphatic carbocycles. The largest absolute Gasteiger partial charge is 0.493 e. The number of methoxy groups -OCH3 is 1. The van der Waals surface area contributed by atoms with Crippen LogP contribution in [0, 0.1) is 5.82 Å². The summed E-state index contributed by atoms with van der Waals surface area (Å²) >= 11 is 0. The van der Waals surface area contributed by atoms with Crippen molar-refractivity contribution in [2.45, 2.75) is 25.4 Å². The van der Waals surface area contributed by atoms with Gasteiger partial charge in [-0.25, -0.2) is 4.39 Å². The van der Waals surface area contributed by atoms with Gasteiger partial charge in [0.05, 0.1) is 19.0 Å². The van der Waals surface area contributed by atoms with Crippen LogP contribution in [0.5, 0.6) is 5.75 Å². The summed E-state index contributed by atoms with van der Waals surface area (Å²) in [7, 11) is 3.19. The first kappa shape index (κ1) is 20.9.